The molecule has 1 aliphatic heterocycles. The van der Waals surface area contributed by atoms with Gasteiger partial charge >= 0.3 is 47.7 Å². The van der Waals surface area contributed by atoms with Crippen LogP contribution in [0.1, 0.15) is 34.6 Å². The van der Waals surface area contributed by atoms with Crippen molar-refractivity contribution in [2.75, 3.05) is 20.8 Å². The minimum absolute atomic E-state index is 0.770. The van der Waals surface area contributed by atoms with Gasteiger partial charge in [0, 0.05) is 34.6 Å². The van der Waals surface area contributed by atoms with Crippen molar-refractivity contribution in [1.29, 1.82) is 0 Å². The number of halogens is 1. The number of hydrogen-bond donors (Lipinski definition) is 1. The molecular formula is C22H30FNO15. The molecule has 16 nitrogen and oxygen atoms in total. The van der Waals surface area contributed by atoms with Crippen LogP contribution >= 0.6 is 0 Å². The molecule has 17 heteroatoms. The van der Waals surface area contributed by atoms with Crippen LogP contribution in [0.3, 0.4) is 0 Å². The Morgan fingerprint density at radius 1 is 0.846 bits per heavy atom. The third kappa shape index (κ3) is 8.76. The van der Waals surface area contributed by atoms with Crippen LogP contribution in [-0.2, 0) is 66.7 Å². The fourth-order valence-corrected chi connectivity index (χ4v) is 3.67. The van der Waals surface area contributed by atoms with Gasteiger partial charge in [-0.3, -0.25) is 24.0 Å². The Kier molecular flexibility index (Phi) is 12.0. The molecule has 220 valence electrons. The molecular weight excluding hydrogens is 537 g/mol. The molecule has 0 aromatic rings. The molecule has 1 saturated heterocycles. The molecule has 0 saturated carbocycles. The Morgan fingerprint density at radius 2 is 1.44 bits per heavy atom. The maximum absolute atomic E-state index is 16.1. The van der Waals surface area contributed by atoms with Gasteiger partial charge in [0.25, 0.3) is 0 Å². The molecule has 0 aromatic heterocycles. The summed E-state index contributed by atoms with van der Waals surface area (Å²) >= 11 is 0. The fourth-order valence-electron chi connectivity index (χ4n) is 3.67. The monoisotopic (exact) mass is 567 g/mol. The van der Waals surface area contributed by atoms with Crippen molar-refractivity contribution in [2.24, 2.45) is 0 Å². The van der Waals surface area contributed by atoms with E-state index in [1.807, 2.05) is 0 Å². The van der Waals surface area contributed by atoms with Crippen LogP contribution in [0.4, 0.5) is 9.18 Å². The minimum atomic E-state index is -3.29. The Balaban J connectivity index is 3.97. The van der Waals surface area contributed by atoms with Gasteiger partial charge in [-0.25, -0.2) is 14.0 Å². The molecule has 7 atom stereocenters. The van der Waals surface area contributed by atoms with E-state index in [-0.39, 0.29) is 0 Å². The first-order valence-corrected chi connectivity index (χ1v) is 11.2. The number of esters is 6. The second-order valence-electron chi connectivity index (χ2n) is 8.00. The number of methoxy groups -OCH3 is 2. The van der Waals surface area contributed by atoms with E-state index >= 15 is 4.39 Å². The lowest BCUT2D eigenvalue weighted by Gasteiger charge is -2.49. The Bertz CT molecular complexity index is 971. The van der Waals surface area contributed by atoms with Crippen molar-refractivity contribution in [3.8, 4) is 0 Å². The maximum Gasteiger partial charge on any atom is 0.407 e. The lowest BCUT2D eigenvalue weighted by atomic mass is 9.86. The van der Waals surface area contributed by atoms with Crippen LogP contribution in [0.25, 0.3) is 0 Å². The molecule has 0 spiro atoms. The highest BCUT2D eigenvalue weighted by molar-refractivity contribution is 5.83. The van der Waals surface area contributed by atoms with E-state index < -0.39 is 90.9 Å². The van der Waals surface area contributed by atoms with Gasteiger partial charge in [0.15, 0.2) is 18.3 Å². The van der Waals surface area contributed by atoms with Crippen molar-refractivity contribution in [3.05, 3.63) is 0 Å². The zero-order chi connectivity index (χ0) is 30.1. The van der Waals surface area contributed by atoms with E-state index in [1.54, 1.807) is 0 Å². The van der Waals surface area contributed by atoms with Crippen molar-refractivity contribution >= 4 is 41.9 Å². The number of alkyl halides is 1. The largest absolute Gasteiger partial charge is 0.464 e. The summed E-state index contributed by atoms with van der Waals surface area (Å²) in [4.78, 5) is 84.3. The average molecular weight is 567 g/mol. The van der Waals surface area contributed by atoms with Crippen LogP contribution in [0.5, 0.6) is 0 Å². The molecule has 0 radical (unpaired) electrons. The molecule has 0 aromatic carbocycles. The summed E-state index contributed by atoms with van der Waals surface area (Å²) < 4.78 is 56.0. The smallest absolute Gasteiger partial charge is 0.407 e. The van der Waals surface area contributed by atoms with Gasteiger partial charge in [0.2, 0.25) is 6.17 Å². The molecule has 1 fully saturated rings. The average Bonchev–Trinajstić information content (AvgIpc) is 2.82. The number of carbonyl (C=O) groups is 7. The molecule has 1 unspecified atom stereocenters. The number of rotatable bonds is 10. The predicted octanol–water partition coefficient (Wildman–Crippen LogP) is -0.761. The summed E-state index contributed by atoms with van der Waals surface area (Å²) in [6.45, 7) is 3.77. The summed E-state index contributed by atoms with van der Waals surface area (Å²) in [7, 11) is 1.73. The van der Waals surface area contributed by atoms with E-state index in [0.717, 1.165) is 48.8 Å². The van der Waals surface area contributed by atoms with Crippen LogP contribution in [-0.4, -0.2) is 105 Å². The van der Waals surface area contributed by atoms with Gasteiger partial charge in [0.1, 0.15) is 18.8 Å². The first kappa shape index (κ1) is 33.0. The van der Waals surface area contributed by atoms with Crippen LogP contribution < -0.4 is 5.32 Å². The van der Waals surface area contributed by atoms with Crippen molar-refractivity contribution in [3.63, 3.8) is 0 Å². The third-order valence-corrected chi connectivity index (χ3v) is 4.97. The topological polar surface area (TPSA) is 205 Å². The highest BCUT2D eigenvalue weighted by Gasteiger charge is 2.67. The van der Waals surface area contributed by atoms with E-state index in [1.165, 1.54) is 0 Å². The molecule has 1 amide bonds. The second-order valence-corrected chi connectivity index (χ2v) is 8.00. The molecule has 1 aliphatic rings. The Hall–Kier alpha value is -4.02. The number of nitrogens with one attached hydrogen (secondary N) is 1. The van der Waals surface area contributed by atoms with E-state index in [9.17, 15) is 33.6 Å². The summed E-state index contributed by atoms with van der Waals surface area (Å²) in [5.41, 5.74) is 0. The van der Waals surface area contributed by atoms with Crippen LogP contribution in [0, 0.1) is 0 Å². The summed E-state index contributed by atoms with van der Waals surface area (Å²) in [5.74, 6) is -10.2. The lowest BCUT2D eigenvalue weighted by molar-refractivity contribution is -0.326. The molecule has 1 rings (SSSR count). The maximum atomic E-state index is 16.1. The number of alkyl carbamates (subject to hydrolysis) is 1. The number of ether oxygens (including phenoxy) is 8. The van der Waals surface area contributed by atoms with Gasteiger partial charge in [-0.1, -0.05) is 0 Å². The summed E-state index contributed by atoms with van der Waals surface area (Å²) in [6, 6.07) is -1.87. The van der Waals surface area contributed by atoms with Gasteiger partial charge < -0.3 is 43.2 Å². The second kappa shape index (κ2) is 14.2. The van der Waals surface area contributed by atoms with Crippen molar-refractivity contribution in [2.45, 2.75) is 77.0 Å². The number of hydrogen-bond acceptors (Lipinski definition) is 15. The summed E-state index contributed by atoms with van der Waals surface area (Å²) in [5, 5.41) is 2.14. The third-order valence-electron chi connectivity index (χ3n) is 4.97. The zero-order valence-electron chi connectivity index (χ0n) is 22.2. The fraction of sp³-hybridized carbons (Fsp3) is 0.682. The van der Waals surface area contributed by atoms with Crippen LogP contribution in [0.15, 0.2) is 0 Å². The highest BCUT2D eigenvalue weighted by Crippen LogP contribution is 2.39. The van der Waals surface area contributed by atoms with Crippen LogP contribution in [0.2, 0.25) is 0 Å². The van der Waals surface area contributed by atoms with Gasteiger partial charge in [-0.05, 0) is 0 Å². The van der Waals surface area contributed by atoms with Crippen molar-refractivity contribution in [1.82, 2.24) is 5.32 Å². The Morgan fingerprint density at radius 3 is 1.87 bits per heavy atom. The van der Waals surface area contributed by atoms with E-state index in [4.69, 9.17) is 28.4 Å². The number of amides is 1. The zero-order valence-corrected chi connectivity index (χ0v) is 22.2. The Labute approximate surface area is 221 Å². The van der Waals surface area contributed by atoms with Gasteiger partial charge in [-0.15, -0.1) is 0 Å². The number of carbonyl (C=O) groups excluding carboxylic acids is 7. The van der Waals surface area contributed by atoms with Crippen molar-refractivity contribution < 1.29 is 75.8 Å². The predicted molar refractivity (Wildman–Crippen MR) is 119 cm³/mol. The molecule has 0 aliphatic carbocycles. The van der Waals surface area contributed by atoms with Gasteiger partial charge in [-0.2, -0.15) is 0 Å². The SMILES string of the molecule is COC(=O)N[C@H]1[C@H]([C@H](OC(C)=O)[C@@H](COC(C)=O)OC(C)=O)OC(OC(C)=O)(C(=O)OC)[C@H](F)[C@@H]1OC(C)=O. The molecule has 1 N–H and O–H groups in total. The minimum Gasteiger partial charge on any atom is -0.464 e. The standard InChI is InChI=1S/C22H30FNO15/c1-9(25)34-8-14(35-10(2)26)16(36-11(3)27)17-15(24-21(31)33-7)18(37-12(4)28)19(23)22(39-17,20(30)32-6)38-13(5)29/h14-19H,8H2,1-7H3,(H,24,31)/t14-,15+,16-,17-,18-,19-,22?/m1/s1. The molecule has 39 heavy (non-hydrogen) atoms. The van der Waals surface area contributed by atoms with E-state index in [0.29, 0.717) is 0 Å². The summed E-state index contributed by atoms with van der Waals surface area (Å²) in [6.07, 6.45) is -12.0. The van der Waals surface area contributed by atoms with E-state index in [2.05, 4.69) is 14.8 Å². The molecule has 1 heterocycles. The normalized spacial score (nSPS) is 25.5. The lowest BCUT2D eigenvalue weighted by Crippen LogP contribution is -2.74. The van der Waals surface area contributed by atoms with Gasteiger partial charge in [0.05, 0.1) is 14.2 Å². The molecule has 0 bridgehead atoms. The quantitative estimate of drug-likeness (QED) is 0.254. The first-order chi connectivity index (χ1) is 18.1. The highest BCUT2D eigenvalue weighted by atomic mass is 19.1. The first-order valence-electron chi connectivity index (χ1n) is 11.2.